The normalized spacial score (nSPS) is 37.8. The van der Waals surface area contributed by atoms with Gasteiger partial charge in [-0.2, -0.15) is 0 Å². The van der Waals surface area contributed by atoms with Crippen molar-refractivity contribution in [1.82, 2.24) is 10.6 Å². The number of amides is 2. The number of aliphatic hydroxyl groups excluding tert-OH is 2. The van der Waals surface area contributed by atoms with Crippen molar-refractivity contribution in [2.75, 3.05) is 13.2 Å². The molecule has 3 heterocycles. The van der Waals surface area contributed by atoms with Gasteiger partial charge in [0.2, 0.25) is 0 Å². The van der Waals surface area contributed by atoms with Crippen molar-refractivity contribution in [3.63, 3.8) is 0 Å². The molecule has 0 aromatic carbocycles. The van der Waals surface area contributed by atoms with Crippen LogP contribution in [0.15, 0.2) is 5.16 Å². The van der Waals surface area contributed by atoms with Crippen LogP contribution in [-0.2, 0) is 14.3 Å². The van der Waals surface area contributed by atoms with Crippen molar-refractivity contribution in [3.05, 3.63) is 0 Å². The number of rotatable bonds is 3. The number of piperazine rings is 1. The van der Waals surface area contributed by atoms with Gasteiger partial charge in [-0.15, -0.1) is 0 Å². The second-order valence-corrected chi connectivity index (χ2v) is 5.42. The molecule has 2 amide bonds. The van der Waals surface area contributed by atoms with E-state index in [-0.39, 0.29) is 13.0 Å². The molecule has 3 fully saturated rings. The first-order valence-electron chi connectivity index (χ1n) is 6.38. The van der Waals surface area contributed by atoms with E-state index in [1.165, 1.54) is 0 Å². The summed E-state index contributed by atoms with van der Waals surface area (Å²) >= 11 is 0. The Labute approximate surface area is 124 Å². The first-order chi connectivity index (χ1) is 10.1. The number of nitrogens with one attached hydrogen (secondary N) is 2. The zero-order valence-electron chi connectivity index (χ0n) is 11.6. The minimum Gasteiger partial charge on any atom is -0.411 e. The second kappa shape index (κ2) is 5.14. The van der Waals surface area contributed by atoms with E-state index < -0.39 is 47.3 Å². The zero-order chi connectivity index (χ0) is 16.8. The number of oxime groups is 1. The topological polar surface area (TPSA) is 181 Å². The van der Waals surface area contributed by atoms with Gasteiger partial charge < -0.3 is 41.0 Å². The third kappa shape index (κ3) is 2.14. The highest BCUT2D eigenvalue weighted by molar-refractivity contribution is 6.17. The number of aliphatic hydroxyl groups is 4. The molecule has 0 aromatic rings. The highest BCUT2D eigenvalue weighted by atomic mass is 16.5. The van der Waals surface area contributed by atoms with Crippen LogP contribution in [0.25, 0.3) is 0 Å². The monoisotopic (exact) mass is 319 g/mol. The minimum absolute atomic E-state index is 0.226. The molecule has 3 aliphatic heterocycles. The van der Waals surface area contributed by atoms with Gasteiger partial charge in [0, 0.05) is 6.42 Å². The summed E-state index contributed by atoms with van der Waals surface area (Å²) in [5, 5.41) is 55.0. The molecule has 0 aliphatic carbocycles. The summed E-state index contributed by atoms with van der Waals surface area (Å²) in [6.07, 6.45) is -2.26. The van der Waals surface area contributed by atoms with E-state index in [1.54, 1.807) is 0 Å². The summed E-state index contributed by atoms with van der Waals surface area (Å²) in [5.41, 5.74) is -7.62. The molecule has 0 saturated carbocycles. The van der Waals surface area contributed by atoms with Crippen molar-refractivity contribution < 1.29 is 40.0 Å². The number of nitrogens with zero attached hydrogens (tertiary/aromatic N) is 1. The van der Waals surface area contributed by atoms with Crippen LogP contribution in [0.4, 0.5) is 0 Å². The fourth-order valence-electron chi connectivity index (χ4n) is 2.34. The van der Waals surface area contributed by atoms with Crippen LogP contribution in [-0.4, -0.2) is 79.5 Å². The fourth-order valence-corrected chi connectivity index (χ4v) is 2.34. The maximum atomic E-state index is 12.3. The average Bonchev–Trinajstić information content (AvgIpc) is 2.46. The van der Waals surface area contributed by atoms with Gasteiger partial charge in [0.15, 0.2) is 0 Å². The van der Waals surface area contributed by atoms with Crippen LogP contribution in [0.2, 0.25) is 0 Å². The van der Waals surface area contributed by atoms with Crippen LogP contribution in [0, 0.1) is 0 Å². The van der Waals surface area contributed by atoms with Gasteiger partial charge in [-0.25, -0.2) is 0 Å². The summed E-state index contributed by atoms with van der Waals surface area (Å²) in [7, 11) is 0. The van der Waals surface area contributed by atoms with Crippen LogP contribution in [0.3, 0.4) is 0 Å². The SMILES string of the molecule is C[C@](O)(CO)[C@H](O)[C@@]12NC(=O)[C@@](O)(NC1=O)/C(=N\O)CCO2. The van der Waals surface area contributed by atoms with Gasteiger partial charge in [0.1, 0.15) is 17.4 Å². The van der Waals surface area contributed by atoms with Crippen molar-refractivity contribution in [2.24, 2.45) is 5.16 Å². The number of ether oxygens (including phenoxy) is 1. The van der Waals surface area contributed by atoms with Gasteiger partial charge in [0.25, 0.3) is 23.3 Å². The van der Waals surface area contributed by atoms with Gasteiger partial charge >= 0.3 is 0 Å². The lowest BCUT2D eigenvalue weighted by atomic mass is 9.85. The maximum absolute atomic E-state index is 12.3. The number of carbonyl (C=O) groups is 2. The average molecular weight is 319 g/mol. The minimum atomic E-state index is -2.59. The Kier molecular flexibility index (Phi) is 3.87. The Bertz CT molecular complexity index is 535. The Morgan fingerprint density at radius 1 is 1.41 bits per heavy atom. The molecule has 4 atom stereocenters. The summed E-state index contributed by atoms with van der Waals surface area (Å²) < 4.78 is 5.20. The van der Waals surface area contributed by atoms with E-state index >= 15 is 0 Å². The molecule has 0 unspecified atom stereocenters. The van der Waals surface area contributed by atoms with Crippen molar-refractivity contribution in [1.29, 1.82) is 0 Å². The molecule has 7 N–H and O–H groups in total. The summed E-state index contributed by atoms with van der Waals surface area (Å²) in [5.74, 6) is -2.39. The fraction of sp³-hybridized carbons (Fsp3) is 0.727. The smallest absolute Gasteiger partial charge is 0.282 e. The van der Waals surface area contributed by atoms with Gasteiger partial charge in [-0.05, 0) is 6.92 Å². The molecule has 0 spiro atoms. The molecule has 3 rings (SSSR count). The lowest BCUT2D eigenvalue weighted by Gasteiger charge is -2.49. The van der Waals surface area contributed by atoms with Gasteiger partial charge in [0.05, 0.1) is 13.2 Å². The van der Waals surface area contributed by atoms with E-state index in [4.69, 9.17) is 15.1 Å². The molecule has 124 valence electrons. The van der Waals surface area contributed by atoms with E-state index in [1.807, 2.05) is 10.6 Å². The Morgan fingerprint density at radius 3 is 2.59 bits per heavy atom. The molecule has 0 radical (unpaired) electrons. The summed E-state index contributed by atoms with van der Waals surface area (Å²) in [6.45, 7) is -0.195. The van der Waals surface area contributed by atoms with Crippen LogP contribution >= 0.6 is 0 Å². The standard InChI is InChI=1S/C11H17N3O8/c1-9(19,4-15)6(16)11-8(18)12-10(20,7(17)13-11)5(14-21)2-3-22-11/h6,15-16,19-21H,2-4H2,1H3,(H,12,18)(H,13,17)/b14-5-/t6-,9-,10+,11-/m0/s1. The molecule has 3 aliphatic rings. The second-order valence-electron chi connectivity index (χ2n) is 5.42. The van der Waals surface area contributed by atoms with Crippen LogP contribution in [0.1, 0.15) is 13.3 Å². The van der Waals surface area contributed by atoms with E-state index in [0.717, 1.165) is 6.92 Å². The first kappa shape index (κ1) is 16.6. The quantitative estimate of drug-likeness (QED) is 0.203. The summed E-state index contributed by atoms with van der Waals surface area (Å²) in [6, 6.07) is 0. The molecule has 0 aromatic heterocycles. The van der Waals surface area contributed by atoms with Crippen LogP contribution in [0.5, 0.6) is 0 Å². The Morgan fingerprint density at radius 2 is 2.05 bits per heavy atom. The Balaban J connectivity index is 2.49. The summed E-state index contributed by atoms with van der Waals surface area (Å²) in [4.78, 5) is 24.4. The lowest BCUT2D eigenvalue weighted by Crippen LogP contribution is -2.84. The predicted octanol–water partition coefficient (Wildman–Crippen LogP) is -4.03. The molecule has 3 saturated heterocycles. The highest BCUT2D eigenvalue weighted by Gasteiger charge is 2.64. The third-order valence-electron chi connectivity index (χ3n) is 3.76. The molecule has 22 heavy (non-hydrogen) atoms. The van der Waals surface area contributed by atoms with Crippen molar-refractivity contribution in [3.8, 4) is 0 Å². The maximum Gasteiger partial charge on any atom is 0.282 e. The molecule has 11 nitrogen and oxygen atoms in total. The van der Waals surface area contributed by atoms with Crippen molar-refractivity contribution in [2.45, 2.75) is 36.5 Å². The zero-order valence-corrected chi connectivity index (χ0v) is 11.6. The molecule has 2 bridgehead atoms. The van der Waals surface area contributed by atoms with E-state index in [2.05, 4.69) is 5.16 Å². The number of fused-ring (bicyclic) bond motifs is 5. The number of carbonyl (C=O) groups excluding carboxylic acids is 2. The largest absolute Gasteiger partial charge is 0.411 e. The van der Waals surface area contributed by atoms with Crippen molar-refractivity contribution >= 4 is 17.5 Å². The molecular weight excluding hydrogens is 302 g/mol. The first-order valence-corrected chi connectivity index (χ1v) is 6.38. The lowest BCUT2D eigenvalue weighted by molar-refractivity contribution is -0.227. The number of hydrogen-bond donors (Lipinski definition) is 7. The van der Waals surface area contributed by atoms with E-state index in [9.17, 15) is 24.9 Å². The third-order valence-corrected chi connectivity index (χ3v) is 3.76. The number of hydrogen-bond acceptors (Lipinski definition) is 9. The molecular formula is C11H17N3O8. The van der Waals surface area contributed by atoms with E-state index in [0.29, 0.717) is 0 Å². The van der Waals surface area contributed by atoms with Gasteiger partial charge in [-0.3, -0.25) is 9.59 Å². The Hall–Kier alpha value is -1.79. The van der Waals surface area contributed by atoms with Crippen LogP contribution < -0.4 is 10.6 Å². The molecule has 11 heteroatoms. The van der Waals surface area contributed by atoms with Gasteiger partial charge in [-0.1, -0.05) is 5.16 Å². The highest BCUT2D eigenvalue weighted by Crippen LogP contribution is 2.30. The predicted molar refractivity (Wildman–Crippen MR) is 67.5 cm³/mol.